The summed E-state index contributed by atoms with van der Waals surface area (Å²) in [6.45, 7) is 0. The Morgan fingerprint density at radius 2 is 1.74 bits per heavy atom. The van der Waals surface area contributed by atoms with Crippen molar-refractivity contribution in [3.63, 3.8) is 0 Å². The Morgan fingerprint density at radius 3 is 2.46 bits per heavy atom. The zero-order valence-electron chi connectivity index (χ0n) is 18.7. The fourth-order valence-electron chi connectivity index (χ4n) is 4.05. The molecule has 1 fully saturated rings. The Bertz CT molecular complexity index is 1500. The van der Waals surface area contributed by atoms with Gasteiger partial charge in [-0.3, -0.25) is 14.5 Å². The number of hydrogen-bond acceptors (Lipinski definition) is 7. The number of Topliss-reactive ketones (excluding diaryl/α,β-unsaturated/α-hetero) is 1. The molecule has 1 atom stereocenters. The Labute approximate surface area is 203 Å². The van der Waals surface area contributed by atoms with Gasteiger partial charge in [0.15, 0.2) is 5.13 Å². The highest BCUT2D eigenvalue weighted by Crippen LogP contribution is 2.44. The molecule has 1 aromatic heterocycles. The minimum absolute atomic E-state index is 0.0844. The van der Waals surface area contributed by atoms with E-state index in [1.54, 1.807) is 48.5 Å². The molecule has 1 N–H and O–H groups in total. The van der Waals surface area contributed by atoms with Gasteiger partial charge in [0.2, 0.25) is 0 Å². The fraction of sp³-hybridized carbons (Fsp3) is 0.115. The minimum Gasteiger partial charge on any atom is -0.507 e. The van der Waals surface area contributed by atoms with E-state index in [2.05, 4.69) is 4.98 Å². The second-order valence-electron chi connectivity index (χ2n) is 7.78. The lowest BCUT2D eigenvalue weighted by molar-refractivity contribution is -0.132. The van der Waals surface area contributed by atoms with E-state index < -0.39 is 23.5 Å². The van der Waals surface area contributed by atoms with Crippen molar-refractivity contribution in [3.05, 3.63) is 89.2 Å². The van der Waals surface area contributed by atoms with Crippen LogP contribution in [0.1, 0.15) is 17.2 Å². The van der Waals surface area contributed by atoms with Gasteiger partial charge in [-0.05, 0) is 48.0 Å². The van der Waals surface area contributed by atoms with Gasteiger partial charge in [-0.15, -0.1) is 0 Å². The van der Waals surface area contributed by atoms with Gasteiger partial charge in [-0.25, -0.2) is 9.37 Å². The number of carbonyl (C=O) groups excluding carboxylic acids is 2. The van der Waals surface area contributed by atoms with E-state index in [1.165, 1.54) is 37.3 Å². The van der Waals surface area contributed by atoms with Gasteiger partial charge >= 0.3 is 5.91 Å². The molecule has 1 saturated heterocycles. The van der Waals surface area contributed by atoms with Crippen molar-refractivity contribution >= 4 is 44.1 Å². The maximum atomic E-state index is 13.8. The normalized spacial score (nSPS) is 17.2. The first-order chi connectivity index (χ1) is 16.9. The second kappa shape index (κ2) is 8.84. The number of benzene rings is 3. The topological polar surface area (TPSA) is 89.0 Å². The molecule has 0 bridgehead atoms. The second-order valence-corrected chi connectivity index (χ2v) is 8.79. The number of hydrogen-bond donors (Lipinski definition) is 1. The average molecular weight is 491 g/mol. The van der Waals surface area contributed by atoms with Crippen LogP contribution >= 0.6 is 11.3 Å². The van der Waals surface area contributed by atoms with Gasteiger partial charge in [-0.1, -0.05) is 35.6 Å². The number of amides is 1. The number of aliphatic hydroxyl groups is 1. The molecule has 0 aliphatic carbocycles. The lowest BCUT2D eigenvalue weighted by atomic mass is 9.95. The maximum Gasteiger partial charge on any atom is 0.301 e. The molecule has 5 rings (SSSR count). The van der Waals surface area contributed by atoms with Crippen molar-refractivity contribution < 1.29 is 28.6 Å². The first-order valence-electron chi connectivity index (χ1n) is 10.6. The standard InChI is InChI=1S/C26H19FN2O5S/c1-33-17-9-6-14(7-10-17)22-21(23(30)15-4-3-5-18(12-15)34-2)24(31)25(32)29(22)26-28-19-11-8-16(27)13-20(19)35-26/h3-13,22,30H,1-2H3. The van der Waals surface area contributed by atoms with Crippen molar-refractivity contribution in [3.8, 4) is 11.5 Å². The van der Waals surface area contributed by atoms with Crippen LogP contribution in [0.3, 0.4) is 0 Å². The SMILES string of the molecule is COc1ccc(C2C(=C(O)c3cccc(OC)c3)C(=O)C(=O)N2c2nc3ccc(F)cc3s2)cc1. The number of fused-ring (bicyclic) bond motifs is 1. The van der Waals surface area contributed by atoms with Crippen LogP contribution in [-0.2, 0) is 9.59 Å². The van der Waals surface area contributed by atoms with Gasteiger partial charge in [0.25, 0.3) is 5.78 Å². The van der Waals surface area contributed by atoms with Crippen molar-refractivity contribution in [2.24, 2.45) is 0 Å². The quantitative estimate of drug-likeness (QED) is 0.239. The number of methoxy groups -OCH3 is 2. The molecule has 2 heterocycles. The van der Waals surface area contributed by atoms with E-state index in [1.807, 2.05) is 0 Å². The maximum absolute atomic E-state index is 13.8. The van der Waals surface area contributed by atoms with Crippen LogP contribution < -0.4 is 14.4 Å². The lowest BCUT2D eigenvalue weighted by Gasteiger charge is -2.23. The molecule has 3 aromatic carbocycles. The van der Waals surface area contributed by atoms with Crippen LogP contribution in [0.15, 0.2) is 72.3 Å². The van der Waals surface area contributed by atoms with Crippen LogP contribution in [-0.4, -0.2) is 36.0 Å². The number of ketones is 1. The van der Waals surface area contributed by atoms with Gasteiger partial charge in [-0.2, -0.15) is 0 Å². The number of rotatable bonds is 5. The number of ether oxygens (including phenoxy) is 2. The van der Waals surface area contributed by atoms with E-state index in [0.717, 1.165) is 11.3 Å². The van der Waals surface area contributed by atoms with E-state index in [0.29, 0.717) is 32.8 Å². The van der Waals surface area contributed by atoms with Crippen LogP contribution in [0.25, 0.3) is 16.0 Å². The Balaban J connectivity index is 1.72. The number of aliphatic hydroxyl groups excluding tert-OH is 1. The number of anilines is 1. The molecule has 0 radical (unpaired) electrons. The summed E-state index contributed by atoms with van der Waals surface area (Å²) < 4.78 is 24.8. The average Bonchev–Trinajstić information content (AvgIpc) is 3.41. The minimum atomic E-state index is -0.961. The zero-order chi connectivity index (χ0) is 24.7. The van der Waals surface area contributed by atoms with Crippen molar-refractivity contribution in [2.45, 2.75) is 6.04 Å². The highest BCUT2D eigenvalue weighted by Gasteiger charge is 2.48. The smallest absolute Gasteiger partial charge is 0.301 e. The molecule has 7 nitrogen and oxygen atoms in total. The summed E-state index contributed by atoms with van der Waals surface area (Å²) in [5, 5.41) is 11.5. The van der Waals surface area contributed by atoms with E-state index >= 15 is 0 Å². The van der Waals surface area contributed by atoms with Gasteiger partial charge in [0.05, 0.1) is 36.1 Å². The number of aromatic nitrogens is 1. The summed E-state index contributed by atoms with van der Waals surface area (Å²) in [4.78, 5) is 32.3. The summed E-state index contributed by atoms with van der Waals surface area (Å²) in [6.07, 6.45) is 0. The molecular formula is C26H19FN2O5S. The monoisotopic (exact) mass is 490 g/mol. The summed E-state index contributed by atoms with van der Waals surface area (Å²) in [5.74, 6) is -1.38. The molecular weight excluding hydrogens is 471 g/mol. The summed E-state index contributed by atoms with van der Waals surface area (Å²) in [6, 6.07) is 16.6. The largest absolute Gasteiger partial charge is 0.507 e. The van der Waals surface area contributed by atoms with Crippen molar-refractivity contribution in [1.29, 1.82) is 0 Å². The number of thiazole rings is 1. The van der Waals surface area contributed by atoms with E-state index in [9.17, 15) is 19.1 Å². The highest BCUT2D eigenvalue weighted by atomic mass is 32.1. The van der Waals surface area contributed by atoms with Crippen LogP contribution in [0.2, 0.25) is 0 Å². The van der Waals surface area contributed by atoms with Crippen molar-refractivity contribution in [1.82, 2.24) is 4.98 Å². The Hall–Kier alpha value is -4.24. The number of carbonyl (C=O) groups is 2. The highest BCUT2D eigenvalue weighted by molar-refractivity contribution is 7.22. The number of nitrogens with zero attached hydrogens (tertiary/aromatic N) is 2. The molecule has 0 saturated carbocycles. The van der Waals surface area contributed by atoms with Crippen LogP contribution in [0.4, 0.5) is 9.52 Å². The molecule has 4 aromatic rings. The fourth-order valence-corrected chi connectivity index (χ4v) is 5.06. The molecule has 1 amide bonds. The molecule has 1 aliphatic rings. The van der Waals surface area contributed by atoms with Gasteiger partial charge in [0, 0.05) is 5.56 Å². The Morgan fingerprint density at radius 1 is 1.00 bits per heavy atom. The van der Waals surface area contributed by atoms with Gasteiger partial charge in [0.1, 0.15) is 23.1 Å². The van der Waals surface area contributed by atoms with Crippen LogP contribution in [0, 0.1) is 5.82 Å². The molecule has 9 heteroatoms. The van der Waals surface area contributed by atoms with Gasteiger partial charge < -0.3 is 14.6 Å². The summed E-state index contributed by atoms with van der Waals surface area (Å²) in [7, 11) is 3.02. The predicted octanol–water partition coefficient (Wildman–Crippen LogP) is 5.08. The molecule has 35 heavy (non-hydrogen) atoms. The molecule has 0 spiro atoms. The molecule has 1 unspecified atom stereocenters. The molecule has 176 valence electrons. The third-order valence-electron chi connectivity index (χ3n) is 5.76. The first-order valence-corrected chi connectivity index (χ1v) is 11.4. The van der Waals surface area contributed by atoms with Crippen LogP contribution in [0.5, 0.6) is 11.5 Å². The summed E-state index contributed by atoms with van der Waals surface area (Å²) >= 11 is 1.09. The molecule has 1 aliphatic heterocycles. The van der Waals surface area contributed by atoms with Crippen molar-refractivity contribution in [2.75, 3.05) is 19.1 Å². The summed E-state index contributed by atoms with van der Waals surface area (Å²) in [5.41, 5.74) is 1.31. The first kappa shape index (κ1) is 22.5. The lowest BCUT2D eigenvalue weighted by Crippen LogP contribution is -2.29. The van der Waals surface area contributed by atoms with E-state index in [4.69, 9.17) is 9.47 Å². The van der Waals surface area contributed by atoms with E-state index in [-0.39, 0.29) is 16.5 Å². The third-order valence-corrected chi connectivity index (χ3v) is 6.78. The predicted molar refractivity (Wildman–Crippen MR) is 130 cm³/mol. The Kier molecular flexibility index (Phi) is 5.70. The zero-order valence-corrected chi connectivity index (χ0v) is 19.5. The number of halogens is 1. The third kappa shape index (κ3) is 3.89.